The van der Waals surface area contributed by atoms with E-state index in [9.17, 15) is 4.79 Å². The Bertz CT molecular complexity index is 739. The Balaban J connectivity index is 1.65. The van der Waals surface area contributed by atoms with Gasteiger partial charge in [-0.05, 0) is 55.2 Å². The Kier molecular flexibility index (Phi) is 4.89. The third-order valence-electron chi connectivity index (χ3n) is 3.74. The van der Waals surface area contributed by atoms with Gasteiger partial charge in [0.05, 0.1) is 6.61 Å². The van der Waals surface area contributed by atoms with Gasteiger partial charge in [0.2, 0.25) is 6.79 Å². The number of hydrogen-bond donors (Lipinski definition) is 0. The van der Waals surface area contributed by atoms with E-state index in [1.807, 2.05) is 37.3 Å². The van der Waals surface area contributed by atoms with Crippen molar-refractivity contribution in [2.45, 2.75) is 20.3 Å². The van der Waals surface area contributed by atoms with E-state index >= 15 is 0 Å². The van der Waals surface area contributed by atoms with E-state index in [-0.39, 0.29) is 19.4 Å². The van der Waals surface area contributed by atoms with E-state index in [1.54, 1.807) is 6.92 Å². The Morgan fingerprint density at radius 3 is 2.62 bits per heavy atom. The molecule has 0 aromatic heterocycles. The minimum absolute atomic E-state index is 0.0732. The molecule has 1 aliphatic heterocycles. The topological polar surface area (TPSA) is 54.0 Å². The van der Waals surface area contributed by atoms with E-state index in [4.69, 9.17) is 18.9 Å². The zero-order valence-electron chi connectivity index (χ0n) is 13.8. The maximum atomic E-state index is 11.4. The summed E-state index contributed by atoms with van der Waals surface area (Å²) in [6.07, 6.45) is 0.787. The lowest BCUT2D eigenvalue weighted by molar-refractivity contribution is -0.145. The lowest BCUT2D eigenvalue weighted by Crippen LogP contribution is -2.15. The first-order valence-electron chi connectivity index (χ1n) is 7.92. The van der Waals surface area contributed by atoms with Crippen LogP contribution >= 0.6 is 0 Å². The molecule has 126 valence electrons. The number of hydrogen-bond acceptors (Lipinski definition) is 5. The number of ether oxygens (including phenoxy) is 4. The Morgan fingerprint density at radius 2 is 1.83 bits per heavy atom. The van der Waals surface area contributed by atoms with E-state index in [0.29, 0.717) is 12.4 Å². The summed E-state index contributed by atoms with van der Waals surface area (Å²) < 4.78 is 21.1. The number of rotatable bonds is 6. The summed E-state index contributed by atoms with van der Waals surface area (Å²) in [6.45, 7) is 4.30. The summed E-state index contributed by atoms with van der Waals surface area (Å²) in [5.74, 6) is 1.91. The molecule has 2 aromatic rings. The molecule has 0 aliphatic carbocycles. The largest absolute Gasteiger partial charge is 0.482 e. The molecule has 2 aromatic carbocycles. The summed E-state index contributed by atoms with van der Waals surface area (Å²) in [5.41, 5.74) is 3.30. The van der Waals surface area contributed by atoms with E-state index in [1.165, 1.54) is 0 Å². The molecule has 5 heteroatoms. The van der Waals surface area contributed by atoms with Gasteiger partial charge in [-0.25, -0.2) is 4.79 Å². The second kappa shape index (κ2) is 7.25. The van der Waals surface area contributed by atoms with Crippen molar-refractivity contribution in [3.63, 3.8) is 0 Å². The van der Waals surface area contributed by atoms with Crippen LogP contribution in [-0.2, 0) is 16.0 Å². The first kappa shape index (κ1) is 16.2. The maximum Gasteiger partial charge on any atom is 0.344 e. The van der Waals surface area contributed by atoms with Gasteiger partial charge in [0.15, 0.2) is 18.1 Å². The molecule has 5 nitrogen and oxygen atoms in total. The molecule has 0 radical (unpaired) electrons. The summed E-state index contributed by atoms with van der Waals surface area (Å²) in [7, 11) is 0. The van der Waals surface area contributed by atoms with Crippen LogP contribution in [0.4, 0.5) is 0 Å². The molecule has 0 saturated heterocycles. The third-order valence-corrected chi connectivity index (χ3v) is 3.74. The van der Waals surface area contributed by atoms with E-state index in [0.717, 1.165) is 34.6 Å². The molecule has 0 spiro atoms. The van der Waals surface area contributed by atoms with Crippen LogP contribution in [0, 0.1) is 6.92 Å². The van der Waals surface area contributed by atoms with Gasteiger partial charge in [-0.1, -0.05) is 18.2 Å². The Morgan fingerprint density at radius 1 is 1.08 bits per heavy atom. The summed E-state index contributed by atoms with van der Waals surface area (Å²) in [6, 6.07) is 11.9. The van der Waals surface area contributed by atoms with Gasteiger partial charge < -0.3 is 18.9 Å². The number of carbonyl (C=O) groups excluding carboxylic acids is 1. The van der Waals surface area contributed by atoms with Gasteiger partial charge in [-0.3, -0.25) is 0 Å². The number of esters is 1. The van der Waals surface area contributed by atoms with Gasteiger partial charge in [0, 0.05) is 0 Å². The van der Waals surface area contributed by atoms with Gasteiger partial charge in [-0.15, -0.1) is 0 Å². The molecule has 0 atom stereocenters. The van der Waals surface area contributed by atoms with Gasteiger partial charge in [-0.2, -0.15) is 0 Å². The SMILES string of the molecule is CCOC(=O)COc1ccc(Cc2ccc3c(c2)OCO3)cc1C. The maximum absolute atomic E-state index is 11.4. The molecule has 3 rings (SSSR count). The highest BCUT2D eigenvalue weighted by molar-refractivity contribution is 5.71. The van der Waals surface area contributed by atoms with Crippen molar-refractivity contribution in [1.82, 2.24) is 0 Å². The molecule has 1 aliphatic rings. The monoisotopic (exact) mass is 328 g/mol. The molecule has 0 bridgehead atoms. The standard InChI is InChI=1S/C19H20O5/c1-3-21-19(20)11-22-16-6-4-14(8-13(16)2)9-15-5-7-17-18(10-15)24-12-23-17/h4-8,10H,3,9,11-12H2,1-2H3. The van der Waals surface area contributed by atoms with Crippen LogP contribution in [0.5, 0.6) is 17.2 Å². The molecular weight excluding hydrogens is 308 g/mol. The van der Waals surface area contributed by atoms with Crippen molar-refractivity contribution < 1.29 is 23.7 Å². The highest BCUT2D eigenvalue weighted by Gasteiger charge is 2.13. The van der Waals surface area contributed by atoms with E-state index < -0.39 is 0 Å². The van der Waals surface area contributed by atoms with Gasteiger partial charge >= 0.3 is 5.97 Å². The normalized spacial score (nSPS) is 12.1. The molecular formula is C19H20O5. The summed E-state index contributed by atoms with van der Waals surface area (Å²) >= 11 is 0. The average Bonchev–Trinajstić information content (AvgIpc) is 3.02. The van der Waals surface area contributed by atoms with Crippen molar-refractivity contribution in [3.8, 4) is 17.2 Å². The van der Waals surface area contributed by atoms with Crippen molar-refractivity contribution in [3.05, 3.63) is 53.1 Å². The van der Waals surface area contributed by atoms with Gasteiger partial charge in [0.25, 0.3) is 0 Å². The predicted octanol–water partition coefficient (Wildman–Crippen LogP) is 3.26. The molecule has 0 fully saturated rings. The molecule has 24 heavy (non-hydrogen) atoms. The van der Waals surface area contributed by atoms with E-state index in [2.05, 4.69) is 6.07 Å². The third kappa shape index (κ3) is 3.79. The van der Waals surface area contributed by atoms with Crippen LogP contribution in [-0.4, -0.2) is 26.0 Å². The number of aryl methyl sites for hydroxylation is 1. The van der Waals surface area contributed by atoms with Crippen LogP contribution in [0.3, 0.4) is 0 Å². The Labute approximate surface area is 141 Å². The predicted molar refractivity (Wildman–Crippen MR) is 88.7 cm³/mol. The molecule has 0 saturated carbocycles. The van der Waals surface area contributed by atoms with Crippen LogP contribution in [0.2, 0.25) is 0 Å². The quantitative estimate of drug-likeness (QED) is 0.762. The van der Waals surface area contributed by atoms with Crippen molar-refractivity contribution in [1.29, 1.82) is 0 Å². The second-order valence-electron chi connectivity index (χ2n) is 5.56. The zero-order valence-corrected chi connectivity index (χ0v) is 13.8. The molecule has 0 amide bonds. The summed E-state index contributed by atoms with van der Waals surface area (Å²) in [4.78, 5) is 11.4. The lowest BCUT2D eigenvalue weighted by atomic mass is 10.0. The minimum Gasteiger partial charge on any atom is -0.482 e. The zero-order chi connectivity index (χ0) is 16.9. The average molecular weight is 328 g/mol. The number of benzene rings is 2. The highest BCUT2D eigenvalue weighted by Crippen LogP contribution is 2.33. The van der Waals surface area contributed by atoms with Crippen molar-refractivity contribution in [2.24, 2.45) is 0 Å². The fourth-order valence-corrected chi connectivity index (χ4v) is 2.61. The summed E-state index contributed by atoms with van der Waals surface area (Å²) in [5, 5.41) is 0. The number of carbonyl (C=O) groups is 1. The smallest absolute Gasteiger partial charge is 0.344 e. The van der Waals surface area contributed by atoms with Crippen LogP contribution < -0.4 is 14.2 Å². The fraction of sp³-hybridized carbons (Fsp3) is 0.316. The molecule has 0 N–H and O–H groups in total. The molecule has 0 unspecified atom stereocenters. The highest BCUT2D eigenvalue weighted by atomic mass is 16.7. The van der Waals surface area contributed by atoms with Crippen molar-refractivity contribution in [2.75, 3.05) is 20.0 Å². The second-order valence-corrected chi connectivity index (χ2v) is 5.56. The first-order valence-corrected chi connectivity index (χ1v) is 7.92. The molecule has 1 heterocycles. The van der Waals surface area contributed by atoms with Crippen LogP contribution in [0.25, 0.3) is 0 Å². The first-order chi connectivity index (χ1) is 11.7. The van der Waals surface area contributed by atoms with Gasteiger partial charge in [0.1, 0.15) is 5.75 Å². The van der Waals surface area contributed by atoms with Crippen LogP contribution in [0.15, 0.2) is 36.4 Å². The van der Waals surface area contributed by atoms with Crippen LogP contribution in [0.1, 0.15) is 23.6 Å². The lowest BCUT2D eigenvalue weighted by Gasteiger charge is -2.10. The Hall–Kier alpha value is -2.69. The minimum atomic E-state index is -0.360. The number of fused-ring (bicyclic) bond motifs is 1. The van der Waals surface area contributed by atoms with Crippen molar-refractivity contribution >= 4 is 5.97 Å². The fourth-order valence-electron chi connectivity index (χ4n) is 2.61.